The second kappa shape index (κ2) is 7.21. The standard InChI is InChI=1S/C21H18ClN5/c1-14-4-3-5-17(12-14)24-21-23-11-10-20(25-21)19-13-27(26-15(19)2)18-8-6-16(22)7-9-18/h3-13H,1-2H3,(H,23,24,25). The monoisotopic (exact) mass is 375 g/mol. The Kier molecular flexibility index (Phi) is 4.60. The Balaban J connectivity index is 1.65. The van der Waals surface area contributed by atoms with Crippen molar-refractivity contribution in [3.05, 3.63) is 83.3 Å². The third-order valence-electron chi connectivity index (χ3n) is 4.20. The number of nitrogens with zero attached hydrogens (tertiary/aromatic N) is 4. The van der Waals surface area contributed by atoms with Crippen LogP contribution in [0.15, 0.2) is 67.0 Å². The van der Waals surface area contributed by atoms with Crippen molar-refractivity contribution in [3.63, 3.8) is 0 Å². The van der Waals surface area contributed by atoms with E-state index in [1.54, 1.807) is 6.20 Å². The van der Waals surface area contributed by atoms with Gasteiger partial charge in [0.2, 0.25) is 5.95 Å². The molecule has 0 amide bonds. The lowest BCUT2D eigenvalue weighted by Gasteiger charge is -2.06. The fraction of sp³-hybridized carbons (Fsp3) is 0.0952. The van der Waals surface area contributed by atoms with Crippen LogP contribution in [-0.4, -0.2) is 19.7 Å². The van der Waals surface area contributed by atoms with Gasteiger partial charge in [0.25, 0.3) is 0 Å². The molecule has 5 nitrogen and oxygen atoms in total. The summed E-state index contributed by atoms with van der Waals surface area (Å²) in [4.78, 5) is 8.98. The number of rotatable bonds is 4. The number of aromatic nitrogens is 4. The first-order valence-corrected chi connectivity index (χ1v) is 8.95. The van der Waals surface area contributed by atoms with Crippen molar-refractivity contribution >= 4 is 23.2 Å². The van der Waals surface area contributed by atoms with E-state index in [4.69, 9.17) is 11.6 Å². The van der Waals surface area contributed by atoms with Gasteiger partial charge in [-0.05, 0) is 61.9 Å². The number of hydrogen-bond acceptors (Lipinski definition) is 4. The van der Waals surface area contributed by atoms with Crippen LogP contribution in [0.4, 0.5) is 11.6 Å². The molecule has 0 saturated carbocycles. The Hall–Kier alpha value is -3.18. The molecule has 0 atom stereocenters. The van der Waals surface area contributed by atoms with Gasteiger partial charge in [-0.3, -0.25) is 0 Å². The molecule has 134 valence electrons. The van der Waals surface area contributed by atoms with Crippen molar-refractivity contribution in [2.45, 2.75) is 13.8 Å². The Morgan fingerprint density at radius 1 is 1.00 bits per heavy atom. The van der Waals surface area contributed by atoms with Gasteiger partial charge in [-0.2, -0.15) is 5.10 Å². The number of anilines is 2. The molecule has 0 spiro atoms. The lowest BCUT2D eigenvalue weighted by atomic mass is 10.2. The van der Waals surface area contributed by atoms with Gasteiger partial charge in [0, 0.05) is 28.7 Å². The van der Waals surface area contributed by atoms with Crippen molar-refractivity contribution < 1.29 is 0 Å². The second-order valence-electron chi connectivity index (χ2n) is 6.31. The van der Waals surface area contributed by atoms with Crippen LogP contribution in [0, 0.1) is 13.8 Å². The molecule has 0 fully saturated rings. The molecule has 6 heteroatoms. The van der Waals surface area contributed by atoms with Gasteiger partial charge >= 0.3 is 0 Å². The van der Waals surface area contributed by atoms with Crippen LogP contribution in [0.2, 0.25) is 5.02 Å². The van der Waals surface area contributed by atoms with Gasteiger partial charge in [-0.25, -0.2) is 14.6 Å². The molecule has 2 aromatic heterocycles. The van der Waals surface area contributed by atoms with Gasteiger partial charge in [0.05, 0.1) is 17.1 Å². The number of hydrogen-bond donors (Lipinski definition) is 1. The highest BCUT2D eigenvalue weighted by molar-refractivity contribution is 6.30. The fourth-order valence-corrected chi connectivity index (χ4v) is 2.98. The molecule has 0 bridgehead atoms. The van der Waals surface area contributed by atoms with Crippen molar-refractivity contribution in [3.8, 4) is 16.9 Å². The number of benzene rings is 2. The summed E-state index contributed by atoms with van der Waals surface area (Å²) in [6.45, 7) is 4.02. The smallest absolute Gasteiger partial charge is 0.227 e. The Labute approximate surface area is 162 Å². The van der Waals surface area contributed by atoms with E-state index in [-0.39, 0.29) is 0 Å². The van der Waals surface area contributed by atoms with Crippen LogP contribution in [-0.2, 0) is 0 Å². The number of halogens is 1. The van der Waals surface area contributed by atoms with Gasteiger partial charge in [0.1, 0.15) is 0 Å². The third-order valence-corrected chi connectivity index (χ3v) is 4.45. The van der Waals surface area contributed by atoms with E-state index >= 15 is 0 Å². The zero-order chi connectivity index (χ0) is 18.8. The summed E-state index contributed by atoms with van der Waals surface area (Å²) in [7, 11) is 0. The van der Waals surface area contributed by atoms with Crippen molar-refractivity contribution in [1.82, 2.24) is 19.7 Å². The average molecular weight is 376 g/mol. The van der Waals surface area contributed by atoms with Gasteiger partial charge in [-0.1, -0.05) is 23.7 Å². The molecule has 2 heterocycles. The summed E-state index contributed by atoms with van der Waals surface area (Å²) in [6, 6.07) is 17.6. The van der Waals surface area contributed by atoms with Gasteiger partial charge in [0.15, 0.2) is 0 Å². The minimum atomic E-state index is 0.553. The summed E-state index contributed by atoms with van der Waals surface area (Å²) < 4.78 is 1.83. The molecular weight excluding hydrogens is 358 g/mol. The van der Waals surface area contributed by atoms with Crippen LogP contribution in [0.5, 0.6) is 0 Å². The van der Waals surface area contributed by atoms with E-state index in [0.29, 0.717) is 11.0 Å². The molecule has 4 aromatic rings. The van der Waals surface area contributed by atoms with Crippen molar-refractivity contribution in [1.29, 1.82) is 0 Å². The molecule has 2 aromatic carbocycles. The largest absolute Gasteiger partial charge is 0.324 e. The second-order valence-corrected chi connectivity index (χ2v) is 6.75. The maximum absolute atomic E-state index is 5.97. The molecule has 0 unspecified atom stereocenters. The van der Waals surface area contributed by atoms with E-state index < -0.39 is 0 Å². The molecule has 4 rings (SSSR count). The first kappa shape index (κ1) is 17.2. The maximum atomic E-state index is 5.97. The third kappa shape index (κ3) is 3.83. The maximum Gasteiger partial charge on any atom is 0.227 e. The first-order chi connectivity index (χ1) is 13.1. The van der Waals surface area contributed by atoms with Gasteiger partial charge in [-0.15, -0.1) is 0 Å². The highest BCUT2D eigenvalue weighted by Crippen LogP contribution is 2.24. The van der Waals surface area contributed by atoms with Crippen LogP contribution in [0.25, 0.3) is 16.9 Å². The first-order valence-electron chi connectivity index (χ1n) is 8.58. The van der Waals surface area contributed by atoms with E-state index in [2.05, 4.69) is 39.4 Å². The fourth-order valence-electron chi connectivity index (χ4n) is 2.86. The molecule has 0 aliphatic heterocycles. The lowest BCUT2D eigenvalue weighted by molar-refractivity contribution is 0.863. The summed E-state index contributed by atoms with van der Waals surface area (Å²) in [5, 5.41) is 8.56. The normalized spacial score (nSPS) is 10.8. The SMILES string of the molecule is Cc1cccc(Nc2nccc(-c3cn(-c4ccc(Cl)cc4)nc3C)n2)c1. The van der Waals surface area contributed by atoms with E-state index in [1.807, 2.05) is 60.3 Å². The molecule has 0 aliphatic carbocycles. The Morgan fingerprint density at radius 2 is 1.81 bits per heavy atom. The van der Waals surface area contributed by atoms with Crippen LogP contribution >= 0.6 is 11.6 Å². The summed E-state index contributed by atoms with van der Waals surface area (Å²) >= 11 is 5.97. The van der Waals surface area contributed by atoms with Crippen LogP contribution in [0.1, 0.15) is 11.3 Å². The quantitative estimate of drug-likeness (QED) is 0.522. The average Bonchev–Trinajstić information content (AvgIpc) is 3.04. The summed E-state index contributed by atoms with van der Waals surface area (Å²) in [5.41, 5.74) is 5.75. The number of nitrogens with one attached hydrogen (secondary N) is 1. The Bertz CT molecular complexity index is 1090. The predicted molar refractivity (Wildman–Crippen MR) is 109 cm³/mol. The van der Waals surface area contributed by atoms with E-state index in [0.717, 1.165) is 28.3 Å². The highest BCUT2D eigenvalue weighted by Gasteiger charge is 2.11. The minimum Gasteiger partial charge on any atom is -0.324 e. The zero-order valence-corrected chi connectivity index (χ0v) is 15.8. The minimum absolute atomic E-state index is 0.553. The van der Waals surface area contributed by atoms with Crippen LogP contribution < -0.4 is 5.32 Å². The summed E-state index contributed by atoms with van der Waals surface area (Å²) in [5.74, 6) is 0.553. The van der Waals surface area contributed by atoms with Crippen molar-refractivity contribution in [2.24, 2.45) is 0 Å². The molecule has 0 saturated heterocycles. The summed E-state index contributed by atoms with van der Waals surface area (Å²) in [6.07, 6.45) is 3.72. The zero-order valence-electron chi connectivity index (χ0n) is 15.0. The lowest BCUT2D eigenvalue weighted by Crippen LogP contribution is -1.98. The molecule has 27 heavy (non-hydrogen) atoms. The van der Waals surface area contributed by atoms with E-state index in [1.165, 1.54) is 5.56 Å². The molecule has 0 radical (unpaired) electrons. The molecule has 1 N–H and O–H groups in total. The molecule has 0 aliphatic rings. The predicted octanol–water partition coefficient (Wildman–Crippen LogP) is 5.34. The van der Waals surface area contributed by atoms with Crippen LogP contribution in [0.3, 0.4) is 0 Å². The van der Waals surface area contributed by atoms with Gasteiger partial charge < -0.3 is 5.32 Å². The number of aryl methyl sites for hydroxylation is 2. The van der Waals surface area contributed by atoms with E-state index in [9.17, 15) is 0 Å². The molecular formula is C21H18ClN5. The topological polar surface area (TPSA) is 55.6 Å². The van der Waals surface area contributed by atoms with Crippen molar-refractivity contribution in [2.75, 3.05) is 5.32 Å². The highest BCUT2D eigenvalue weighted by atomic mass is 35.5. The Morgan fingerprint density at radius 3 is 2.59 bits per heavy atom.